The molecule has 0 amide bonds. The van der Waals surface area contributed by atoms with Crippen molar-refractivity contribution in [3.05, 3.63) is 5.21 Å². The lowest BCUT2D eigenvalue weighted by Crippen LogP contribution is -2.59. The molecule has 0 aromatic carbocycles. The Morgan fingerprint density at radius 2 is 1.62 bits per heavy atom. The fourth-order valence-corrected chi connectivity index (χ4v) is 3.37. The third-order valence-corrected chi connectivity index (χ3v) is 4.34. The molecule has 0 N–H and O–H groups in total. The molecule has 1 fully saturated rings. The first-order valence-electron chi connectivity index (χ1n) is 8.36. The first-order chi connectivity index (χ1) is 9.69. The molecule has 0 radical (unpaired) electrons. The Morgan fingerprint density at radius 1 is 1.10 bits per heavy atom. The van der Waals surface area contributed by atoms with Crippen molar-refractivity contribution in [2.24, 2.45) is 0 Å². The number of rotatable bonds is 7. The number of hydrogen-bond acceptors (Lipinski definition) is 4. The van der Waals surface area contributed by atoms with Gasteiger partial charge in [0.15, 0.2) is 0 Å². The molecule has 0 aliphatic carbocycles. The molecule has 1 aliphatic rings. The first-order valence-corrected chi connectivity index (χ1v) is 8.36. The van der Waals surface area contributed by atoms with E-state index in [1.807, 2.05) is 27.7 Å². The van der Waals surface area contributed by atoms with E-state index in [2.05, 4.69) is 6.92 Å². The van der Waals surface area contributed by atoms with E-state index in [9.17, 15) is 10.0 Å². The van der Waals surface area contributed by atoms with E-state index in [0.717, 1.165) is 17.9 Å². The van der Waals surface area contributed by atoms with Gasteiger partial charge in [-0.15, -0.1) is 0 Å². The van der Waals surface area contributed by atoms with Crippen LogP contribution in [0.15, 0.2) is 0 Å². The summed E-state index contributed by atoms with van der Waals surface area (Å²) in [6, 6.07) is 0. The minimum atomic E-state index is -0.478. The summed E-state index contributed by atoms with van der Waals surface area (Å²) >= 11 is 0. The monoisotopic (exact) mass is 298 g/mol. The Morgan fingerprint density at radius 3 is 2.14 bits per heavy atom. The van der Waals surface area contributed by atoms with Crippen LogP contribution in [0.4, 0.5) is 0 Å². The zero-order valence-corrected chi connectivity index (χ0v) is 14.4. The molecular weight excluding hydrogens is 266 g/mol. The molecule has 0 unspecified atom stereocenters. The van der Waals surface area contributed by atoms with Crippen LogP contribution < -0.4 is 0 Å². The predicted octanol–water partition coefficient (Wildman–Crippen LogP) is 4.41. The third-order valence-electron chi connectivity index (χ3n) is 4.34. The molecule has 0 spiro atoms. The van der Waals surface area contributed by atoms with Crippen molar-refractivity contribution in [2.75, 3.05) is 0 Å². The quantitative estimate of drug-likeness (QED) is 0.516. The van der Waals surface area contributed by atoms with Gasteiger partial charge in [0, 0.05) is 30.3 Å². The van der Waals surface area contributed by atoms with E-state index >= 15 is 0 Å². The molecule has 0 aromatic rings. The first kappa shape index (κ1) is 18.4. The van der Waals surface area contributed by atoms with Gasteiger partial charge >= 0.3 is 5.97 Å². The standard InChI is InChI=1S/C17H32NO3/c1-6-7-8-9-10-11-15(19)21-14-12-16(2,3)18(20)17(4,5)13-14/h14H,6-13H2,1-5H3/q-1. The van der Waals surface area contributed by atoms with Gasteiger partial charge < -0.3 is 15.0 Å². The van der Waals surface area contributed by atoms with E-state index in [0.29, 0.717) is 19.3 Å². The zero-order valence-electron chi connectivity index (χ0n) is 14.4. The molecule has 1 saturated heterocycles. The zero-order chi connectivity index (χ0) is 16.1. The number of carbonyl (C=O) groups is 1. The fraction of sp³-hybridized carbons (Fsp3) is 0.941. The summed E-state index contributed by atoms with van der Waals surface area (Å²) in [4.78, 5) is 11.9. The Bertz CT molecular complexity index is 321. The SMILES string of the molecule is CCCCCCCC(=O)OC1CC(C)(C)N([O-])C(C)(C)C1. The second kappa shape index (κ2) is 7.59. The van der Waals surface area contributed by atoms with E-state index in [1.165, 1.54) is 19.3 Å². The highest BCUT2D eigenvalue weighted by atomic mass is 16.5. The molecule has 0 aromatic heterocycles. The third kappa shape index (κ3) is 5.59. The van der Waals surface area contributed by atoms with Crippen molar-refractivity contribution in [2.45, 2.75) is 103 Å². The van der Waals surface area contributed by atoms with Gasteiger partial charge in [-0.2, -0.15) is 0 Å². The molecular formula is C17H32NO3-. The van der Waals surface area contributed by atoms with Crippen molar-refractivity contribution >= 4 is 5.97 Å². The molecule has 1 heterocycles. The Hall–Kier alpha value is -0.610. The van der Waals surface area contributed by atoms with Crippen LogP contribution in [0, 0.1) is 5.21 Å². The average molecular weight is 298 g/mol. The average Bonchev–Trinajstić information content (AvgIpc) is 2.35. The van der Waals surface area contributed by atoms with Crippen LogP contribution >= 0.6 is 0 Å². The molecule has 124 valence electrons. The largest absolute Gasteiger partial charge is 0.784 e. The van der Waals surface area contributed by atoms with E-state index < -0.39 is 11.1 Å². The number of unbranched alkanes of at least 4 members (excludes halogenated alkanes) is 4. The molecule has 0 bridgehead atoms. The molecule has 4 nitrogen and oxygen atoms in total. The molecule has 0 atom stereocenters. The summed E-state index contributed by atoms with van der Waals surface area (Å²) in [6.07, 6.45) is 7.24. The van der Waals surface area contributed by atoms with Gasteiger partial charge in [0.2, 0.25) is 0 Å². The fourth-order valence-electron chi connectivity index (χ4n) is 3.37. The van der Waals surface area contributed by atoms with Gasteiger partial charge in [0.05, 0.1) is 0 Å². The van der Waals surface area contributed by atoms with Crippen LogP contribution in [0.25, 0.3) is 0 Å². The van der Waals surface area contributed by atoms with Crippen molar-refractivity contribution in [3.8, 4) is 0 Å². The van der Waals surface area contributed by atoms with Crippen molar-refractivity contribution in [3.63, 3.8) is 0 Å². The number of esters is 1. The molecule has 1 rings (SSSR count). The highest BCUT2D eigenvalue weighted by Gasteiger charge is 2.41. The second-order valence-corrected chi connectivity index (χ2v) is 7.60. The minimum Gasteiger partial charge on any atom is -0.784 e. The molecule has 21 heavy (non-hydrogen) atoms. The van der Waals surface area contributed by atoms with Crippen LogP contribution in [0.3, 0.4) is 0 Å². The Balaban J connectivity index is 2.39. The van der Waals surface area contributed by atoms with Crippen LogP contribution in [-0.2, 0) is 9.53 Å². The lowest BCUT2D eigenvalue weighted by molar-refractivity contribution is -0.157. The lowest BCUT2D eigenvalue weighted by atomic mass is 9.80. The molecule has 4 heteroatoms. The summed E-state index contributed by atoms with van der Waals surface area (Å²) in [6.45, 7) is 9.87. The van der Waals surface area contributed by atoms with Crippen LogP contribution in [0.5, 0.6) is 0 Å². The molecule has 0 saturated carbocycles. The maximum absolute atomic E-state index is 12.2. The predicted molar refractivity (Wildman–Crippen MR) is 85.9 cm³/mol. The summed E-state index contributed by atoms with van der Waals surface area (Å²) in [5.41, 5.74) is -0.957. The lowest BCUT2D eigenvalue weighted by Gasteiger charge is -2.59. The van der Waals surface area contributed by atoms with Crippen LogP contribution in [0.1, 0.15) is 86.0 Å². The van der Waals surface area contributed by atoms with Gasteiger partial charge in [-0.25, -0.2) is 0 Å². The Labute approximate surface area is 129 Å². The van der Waals surface area contributed by atoms with E-state index in [-0.39, 0.29) is 12.1 Å². The summed E-state index contributed by atoms with van der Waals surface area (Å²) in [5, 5.41) is 13.4. The van der Waals surface area contributed by atoms with Crippen LogP contribution in [-0.4, -0.2) is 28.2 Å². The van der Waals surface area contributed by atoms with Crippen LogP contribution in [0.2, 0.25) is 0 Å². The van der Waals surface area contributed by atoms with Crippen molar-refractivity contribution < 1.29 is 9.53 Å². The number of hydrogen-bond donors (Lipinski definition) is 0. The molecule has 1 aliphatic heterocycles. The smallest absolute Gasteiger partial charge is 0.306 e. The maximum atomic E-state index is 12.2. The number of piperidine rings is 1. The van der Waals surface area contributed by atoms with Gasteiger partial charge in [-0.05, 0) is 34.1 Å². The van der Waals surface area contributed by atoms with Gasteiger partial charge in [0.25, 0.3) is 0 Å². The van der Waals surface area contributed by atoms with Crippen molar-refractivity contribution in [1.82, 2.24) is 5.06 Å². The summed E-state index contributed by atoms with van der Waals surface area (Å²) < 4.78 is 5.61. The summed E-state index contributed by atoms with van der Waals surface area (Å²) in [7, 11) is 0. The summed E-state index contributed by atoms with van der Waals surface area (Å²) in [5.74, 6) is -0.109. The van der Waals surface area contributed by atoms with Gasteiger partial charge in [-0.1, -0.05) is 32.6 Å². The highest BCUT2D eigenvalue weighted by molar-refractivity contribution is 5.69. The Kier molecular flexibility index (Phi) is 6.67. The normalized spacial score (nSPS) is 22.2. The van der Waals surface area contributed by atoms with Gasteiger partial charge in [-0.3, -0.25) is 4.79 Å². The van der Waals surface area contributed by atoms with Gasteiger partial charge in [0.1, 0.15) is 6.10 Å². The number of nitrogens with zero attached hydrogens (tertiary/aromatic N) is 1. The van der Waals surface area contributed by atoms with Crippen molar-refractivity contribution in [1.29, 1.82) is 0 Å². The van der Waals surface area contributed by atoms with E-state index in [4.69, 9.17) is 4.74 Å². The maximum Gasteiger partial charge on any atom is 0.306 e. The van der Waals surface area contributed by atoms with E-state index in [1.54, 1.807) is 0 Å². The minimum absolute atomic E-state index is 0.109. The second-order valence-electron chi connectivity index (χ2n) is 7.60. The number of hydroxylamine groups is 2. The number of carbonyl (C=O) groups excluding carboxylic acids is 1. The highest BCUT2D eigenvalue weighted by Crippen LogP contribution is 2.38. The topological polar surface area (TPSA) is 52.6 Å². The number of ether oxygens (including phenoxy) is 1.